The summed E-state index contributed by atoms with van der Waals surface area (Å²) in [6.07, 6.45) is 0.639. The van der Waals surface area contributed by atoms with Gasteiger partial charge in [-0.25, -0.2) is 9.78 Å². The molecule has 0 unspecified atom stereocenters. The third-order valence-electron chi connectivity index (χ3n) is 5.88. The Balaban J connectivity index is 1.61. The summed E-state index contributed by atoms with van der Waals surface area (Å²) in [5.74, 6) is 0.725. The zero-order valence-corrected chi connectivity index (χ0v) is 23.3. The summed E-state index contributed by atoms with van der Waals surface area (Å²) in [4.78, 5) is 30.0. The van der Waals surface area contributed by atoms with Crippen molar-refractivity contribution in [2.75, 3.05) is 14.2 Å². The van der Waals surface area contributed by atoms with Crippen LogP contribution in [0.15, 0.2) is 79.4 Å². The maximum absolute atomic E-state index is 13.5. The molecule has 9 nitrogen and oxygen atoms in total. The van der Waals surface area contributed by atoms with E-state index in [0.717, 1.165) is 5.39 Å². The Labute approximate surface area is 235 Å². The molecule has 0 N–H and O–H groups in total. The maximum atomic E-state index is 13.5. The van der Waals surface area contributed by atoms with E-state index in [9.17, 15) is 9.59 Å². The molecule has 0 saturated heterocycles. The molecule has 5 aromatic rings. The number of hydrogen-bond donors (Lipinski definition) is 0. The van der Waals surface area contributed by atoms with E-state index >= 15 is 0 Å². The van der Waals surface area contributed by atoms with Crippen LogP contribution in [0.4, 0.5) is 0 Å². The highest BCUT2D eigenvalue weighted by molar-refractivity contribution is 9.10. The van der Waals surface area contributed by atoms with Crippen LogP contribution in [0, 0.1) is 0 Å². The van der Waals surface area contributed by atoms with Crippen LogP contribution >= 0.6 is 27.5 Å². The van der Waals surface area contributed by atoms with Gasteiger partial charge in [-0.15, -0.1) is 0 Å². The minimum atomic E-state index is -0.848. The van der Waals surface area contributed by atoms with E-state index in [1.165, 1.54) is 25.1 Å². The first-order valence-electron chi connectivity index (χ1n) is 11.7. The van der Waals surface area contributed by atoms with Gasteiger partial charge < -0.3 is 18.6 Å². The van der Waals surface area contributed by atoms with Crippen molar-refractivity contribution >= 4 is 61.6 Å². The summed E-state index contributed by atoms with van der Waals surface area (Å²) in [7, 11) is 2.76. The number of esters is 1. The number of rotatable bonds is 7. The van der Waals surface area contributed by atoms with Gasteiger partial charge in [-0.3, -0.25) is 4.79 Å². The molecule has 11 heteroatoms. The van der Waals surface area contributed by atoms with Gasteiger partial charge in [0, 0.05) is 20.4 Å². The fourth-order valence-electron chi connectivity index (χ4n) is 3.94. The normalized spacial score (nSPS) is 12.2. The molecule has 0 aliphatic heterocycles. The van der Waals surface area contributed by atoms with E-state index < -0.39 is 12.1 Å². The van der Waals surface area contributed by atoms with Crippen molar-refractivity contribution < 1.29 is 23.4 Å². The van der Waals surface area contributed by atoms with Gasteiger partial charge in [-0.05, 0) is 71.4 Å². The average Bonchev–Trinajstić information content (AvgIpc) is 3.35. The topological polar surface area (TPSA) is 105 Å². The van der Waals surface area contributed by atoms with Gasteiger partial charge in [0.1, 0.15) is 5.58 Å². The molecule has 3 aromatic carbocycles. The number of methoxy groups -OCH3 is 2. The highest BCUT2D eigenvalue weighted by Gasteiger charge is 2.20. The predicted molar refractivity (Wildman–Crippen MR) is 152 cm³/mol. The lowest BCUT2D eigenvalue weighted by Crippen LogP contribution is -2.25. The first-order valence-corrected chi connectivity index (χ1v) is 12.8. The van der Waals surface area contributed by atoms with Crippen molar-refractivity contribution in [1.82, 2.24) is 9.66 Å². The molecule has 5 rings (SSSR count). The molecule has 0 saturated carbocycles. The molecule has 0 bridgehead atoms. The Hall–Kier alpha value is -4.15. The standard InChI is InChI=1S/C28H21BrClN3O6/c1-15(28(35)37-3)38-24-13-20(29)17(12-23(24)36-2)14-31-33-26(32-21-7-5-4-6-19(21)27(33)34)25-11-16-10-18(30)8-9-22(16)39-25/h4-15H,1-3H3/t15-/m1/s1. The van der Waals surface area contributed by atoms with Crippen molar-refractivity contribution in [1.29, 1.82) is 0 Å². The summed E-state index contributed by atoms with van der Waals surface area (Å²) in [6, 6.07) is 17.3. The maximum Gasteiger partial charge on any atom is 0.346 e. The molecular formula is C28H21BrClN3O6. The number of fused-ring (bicyclic) bond motifs is 2. The second-order valence-electron chi connectivity index (χ2n) is 8.41. The number of carbonyl (C=O) groups excluding carboxylic acids is 1. The molecule has 0 fully saturated rings. The van der Waals surface area contributed by atoms with E-state index in [4.69, 9.17) is 30.2 Å². The molecule has 1 atom stereocenters. The number of ether oxygens (including phenoxy) is 3. The number of furan rings is 1. The lowest BCUT2D eigenvalue weighted by atomic mass is 10.2. The Bertz CT molecular complexity index is 1810. The van der Waals surface area contributed by atoms with Crippen molar-refractivity contribution in [2.24, 2.45) is 5.10 Å². The first kappa shape index (κ1) is 26.5. The zero-order chi connectivity index (χ0) is 27.7. The molecule has 0 amide bonds. The molecule has 0 radical (unpaired) electrons. The number of aromatic nitrogens is 2. The Morgan fingerprint density at radius 1 is 1.13 bits per heavy atom. The van der Waals surface area contributed by atoms with E-state index in [0.29, 0.717) is 48.8 Å². The second-order valence-corrected chi connectivity index (χ2v) is 9.71. The van der Waals surface area contributed by atoms with Gasteiger partial charge in [0.05, 0.1) is 31.3 Å². The van der Waals surface area contributed by atoms with Gasteiger partial charge >= 0.3 is 5.97 Å². The molecular weight excluding hydrogens is 590 g/mol. The molecule has 0 aliphatic rings. The SMILES string of the molecule is COC(=O)[C@@H](C)Oc1cc(Br)c(C=Nn2c(-c3cc4cc(Cl)ccc4o3)nc3ccccc3c2=O)cc1OC. The summed E-state index contributed by atoms with van der Waals surface area (Å²) >= 11 is 9.65. The van der Waals surface area contributed by atoms with Gasteiger partial charge in [0.15, 0.2) is 23.4 Å². The molecule has 39 heavy (non-hydrogen) atoms. The number of halogens is 2. The Kier molecular flexibility index (Phi) is 7.40. The monoisotopic (exact) mass is 609 g/mol. The molecule has 2 heterocycles. The number of para-hydroxylation sites is 1. The van der Waals surface area contributed by atoms with Crippen molar-refractivity contribution in [3.63, 3.8) is 0 Å². The quantitative estimate of drug-likeness (QED) is 0.163. The number of carbonyl (C=O) groups is 1. The summed E-state index contributed by atoms with van der Waals surface area (Å²) in [5.41, 5.74) is 1.30. The molecule has 2 aromatic heterocycles. The van der Waals surface area contributed by atoms with E-state index in [1.54, 1.807) is 67.6 Å². The Morgan fingerprint density at radius 2 is 1.92 bits per heavy atom. The third-order valence-corrected chi connectivity index (χ3v) is 6.81. The summed E-state index contributed by atoms with van der Waals surface area (Å²) in [6.45, 7) is 1.57. The van der Waals surface area contributed by atoms with Crippen LogP contribution < -0.4 is 15.0 Å². The molecule has 198 valence electrons. The highest BCUT2D eigenvalue weighted by atomic mass is 79.9. The van der Waals surface area contributed by atoms with Gasteiger partial charge in [-0.1, -0.05) is 23.7 Å². The minimum absolute atomic E-state index is 0.220. The van der Waals surface area contributed by atoms with E-state index in [2.05, 4.69) is 26.0 Å². The molecule has 0 spiro atoms. The fourth-order valence-corrected chi connectivity index (χ4v) is 4.55. The minimum Gasteiger partial charge on any atom is -0.493 e. The zero-order valence-electron chi connectivity index (χ0n) is 21.0. The number of benzene rings is 3. The largest absolute Gasteiger partial charge is 0.493 e. The lowest BCUT2D eigenvalue weighted by Gasteiger charge is -2.16. The van der Waals surface area contributed by atoms with Gasteiger partial charge in [0.25, 0.3) is 5.56 Å². The first-order chi connectivity index (χ1) is 18.8. The average molecular weight is 611 g/mol. The number of hydrogen-bond acceptors (Lipinski definition) is 8. The Morgan fingerprint density at radius 3 is 2.69 bits per heavy atom. The van der Waals surface area contributed by atoms with Crippen LogP contribution in [0.5, 0.6) is 11.5 Å². The number of nitrogens with zero attached hydrogens (tertiary/aromatic N) is 3. The highest BCUT2D eigenvalue weighted by Crippen LogP contribution is 2.34. The fraction of sp³-hybridized carbons (Fsp3) is 0.143. The smallest absolute Gasteiger partial charge is 0.346 e. The van der Waals surface area contributed by atoms with Crippen LogP contribution in [0.2, 0.25) is 5.02 Å². The molecule has 0 aliphatic carbocycles. The van der Waals surface area contributed by atoms with Crippen LogP contribution in [-0.2, 0) is 9.53 Å². The lowest BCUT2D eigenvalue weighted by molar-refractivity contribution is -0.147. The van der Waals surface area contributed by atoms with Crippen LogP contribution in [0.25, 0.3) is 33.5 Å². The van der Waals surface area contributed by atoms with Crippen LogP contribution in [0.3, 0.4) is 0 Å². The third kappa shape index (κ3) is 5.25. The van der Waals surface area contributed by atoms with Crippen LogP contribution in [0.1, 0.15) is 12.5 Å². The summed E-state index contributed by atoms with van der Waals surface area (Å²) < 4.78 is 23.7. The van der Waals surface area contributed by atoms with E-state index in [1.807, 2.05) is 0 Å². The summed E-state index contributed by atoms with van der Waals surface area (Å²) in [5, 5.41) is 6.21. The van der Waals surface area contributed by atoms with Gasteiger partial charge in [-0.2, -0.15) is 9.78 Å². The van der Waals surface area contributed by atoms with Crippen molar-refractivity contribution in [3.8, 4) is 23.1 Å². The van der Waals surface area contributed by atoms with E-state index in [-0.39, 0.29) is 11.4 Å². The second kappa shape index (κ2) is 10.9. The van der Waals surface area contributed by atoms with Gasteiger partial charge in [0.2, 0.25) is 5.82 Å². The van der Waals surface area contributed by atoms with Crippen molar-refractivity contribution in [2.45, 2.75) is 13.0 Å². The predicted octanol–water partition coefficient (Wildman–Crippen LogP) is 6.06. The van der Waals surface area contributed by atoms with Crippen molar-refractivity contribution in [3.05, 3.63) is 86.1 Å². The van der Waals surface area contributed by atoms with Crippen LogP contribution in [-0.4, -0.2) is 42.2 Å².